The molecule has 420 valence electrons. The van der Waals surface area contributed by atoms with Crippen LogP contribution in [0.25, 0.3) is 22.3 Å². The number of benzene rings is 1. The summed E-state index contributed by atoms with van der Waals surface area (Å²) in [5.74, 6) is -3.20. The fraction of sp³-hybridized carbons (Fsp3) is 0.661. The third kappa shape index (κ3) is 17.1. The van der Waals surface area contributed by atoms with Crippen LogP contribution in [0, 0.1) is 0 Å². The molecular weight excluding hydrogens is 971 g/mol. The second-order valence-electron chi connectivity index (χ2n) is 22.4. The van der Waals surface area contributed by atoms with E-state index < -0.39 is 83.2 Å². The van der Waals surface area contributed by atoms with Gasteiger partial charge in [0.15, 0.2) is 0 Å². The molecule has 17 heteroatoms. The van der Waals surface area contributed by atoms with Gasteiger partial charge in [-0.3, -0.25) is 19.2 Å². The molecule has 5 rings (SSSR count). The zero-order valence-electron chi connectivity index (χ0n) is 47.0. The molecule has 2 unspecified atom stereocenters. The normalized spacial score (nSPS) is 15.7. The number of carbonyl (C=O) groups excluding carboxylic acids is 6. The van der Waals surface area contributed by atoms with Crippen LogP contribution in [-0.2, 0) is 68.1 Å². The van der Waals surface area contributed by atoms with E-state index in [0.717, 1.165) is 35.8 Å². The second-order valence-corrected chi connectivity index (χ2v) is 22.4. The SMILES string of the molecule is CCCCCCCCCCCCCCCCC(NC(=O)C(CCCCN)NC(=O)CCC(=O)O[C@]1(CC)C(=O)OCc2c1cc1n(c2=O)Cc2c-1nc1ccc(OC(=O)OC(C)(C)C)cc1c2CC)C(=O)OC(C)(C)C. The van der Waals surface area contributed by atoms with E-state index in [2.05, 4.69) is 17.6 Å². The lowest BCUT2D eigenvalue weighted by molar-refractivity contribution is -0.189. The number of hydrogen-bond donors (Lipinski definition) is 3. The van der Waals surface area contributed by atoms with Crippen LogP contribution >= 0.6 is 0 Å². The molecule has 0 saturated carbocycles. The number of rotatable bonds is 30. The van der Waals surface area contributed by atoms with Crippen molar-refractivity contribution in [1.82, 2.24) is 20.2 Å². The molecule has 4 N–H and O–H groups in total. The minimum absolute atomic E-state index is 0.0835. The average Bonchev–Trinajstić information content (AvgIpc) is 3.75. The number of esters is 3. The highest BCUT2D eigenvalue weighted by molar-refractivity contribution is 5.93. The van der Waals surface area contributed by atoms with Crippen molar-refractivity contribution in [3.05, 3.63) is 56.9 Å². The minimum atomic E-state index is -2.01. The summed E-state index contributed by atoms with van der Waals surface area (Å²) in [6.45, 7) is 16.6. The molecule has 2 aromatic heterocycles. The first-order valence-corrected chi connectivity index (χ1v) is 28.2. The Kier molecular flexibility index (Phi) is 22.9. The lowest BCUT2D eigenvalue weighted by Gasteiger charge is -2.35. The Hall–Kier alpha value is -5.84. The Morgan fingerprint density at radius 3 is 1.95 bits per heavy atom. The zero-order chi connectivity index (χ0) is 55.6. The van der Waals surface area contributed by atoms with Crippen molar-refractivity contribution in [1.29, 1.82) is 0 Å². The monoisotopic (exact) mass is 1060 g/mol. The maximum absolute atomic E-state index is 14.4. The van der Waals surface area contributed by atoms with E-state index in [-0.39, 0.29) is 42.9 Å². The van der Waals surface area contributed by atoms with Crippen molar-refractivity contribution in [2.24, 2.45) is 5.73 Å². The van der Waals surface area contributed by atoms with Crippen molar-refractivity contribution in [3.8, 4) is 17.1 Å². The molecule has 0 saturated heterocycles. The summed E-state index contributed by atoms with van der Waals surface area (Å²) in [6, 6.07) is 4.75. The Balaban J connectivity index is 1.24. The number of hydrogen-bond acceptors (Lipinski definition) is 14. The summed E-state index contributed by atoms with van der Waals surface area (Å²) in [7, 11) is 0. The van der Waals surface area contributed by atoms with Crippen LogP contribution in [0.3, 0.4) is 0 Å². The van der Waals surface area contributed by atoms with E-state index in [9.17, 15) is 33.6 Å². The third-order valence-corrected chi connectivity index (χ3v) is 14.0. The van der Waals surface area contributed by atoms with Gasteiger partial charge >= 0.3 is 24.1 Å². The maximum Gasteiger partial charge on any atom is 0.514 e. The number of fused-ring (bicyclic) bond motifs is 5. The summed E-state index contributed by atoms with van der Waals surface area (Å²) in [5, 5.41) is 6.36. The number of unbranched alkanes of at least 4 members (excludes halogenated alkanes) is 14. The van der Waals surface area contributed by atoms with Gasteiger partial charge < -0.3 is 44.6 Å². The first-order valence-electron chi connectivity index (χ1n) is 28.2. The van der Waals surface area contributed by atoms with Crippen LogP contribution in [0.2, 0.25) is 0 Å². The van der Waals surface area contributed by atoms with E-state index in [1.807, 2.05) is 6.92 Å². The van der Waals surface area contributed by atoms with Crippen LogP contribution < -0.4 is 26.7 Å². The van der Waals surface area contributed by atoms with Gasteiger partial charge in [0.25, 0.3) is 5.56 Å². The summed E-state index contributed by atoms with van der Waals surface area (Å²) in [5.41, 5.74) is 5.34. The molecule has 0 bridgehead atoms. The van der Waals surface area contributed by atoms with Crippen LogP contribution in [0.15, 0.2) is 29.1 Å². The first-order chi connectivity index (χ1) is 36.1. The van der Waals surface area contributed by atoms with E-state index in [1.54, 1.807) is 77.3 Å². The van der Waals surface area contributed by atoms with Gasteiger partial charge in [-0.2, -0.15) is 0 Å². The van der Waals surface area contributed by atoms with E-state index in [0.29, 0.717) is 55.6 Å². The second kappa shape index (κ2) is 28.5. The molecule has 0 radical (unpaired) electrons. The largest absolute Gasteiger partial charge is 0.514 e. The molecule has 3 atom stereocenters. The molecule has 0 spiro atoms. The van der Waals surface area contributed by atoms with Crippen LogP contribution in [0.5, 0.6) is 5.75 Å². The average molecular weight is 1060 g/mol. The summed E-state index contributed by atoms with van der Waals surface area (Å²) < 4.78 is 29.7. The molecule has 0 aliphatic carbocycles. The predicted octanol–water partition coefficient (Wildman–Crippen LogP) is 10.6. The summed E-state index contributed by atoms with van der Waals surface area (Å²) >= 11 is 0. The van der Waals surface area contributed by atoms with Gasteiger partial charge in [-0.05, 0) is 116 Å². The van der Waals surface area contributed by atoms with Gasteiger partial charge in [-0.1, -0.05) is 111 Å². The number of nitrogens with zero attached hydrogens (tertiary/aromatic N) is 2. The van der Waals surface area contributed by atoms with E-state index >= 15 is 0 Å². The number of nitrogens with two attached hydrogens (primary N) is 1. The Labute approximate surface area is 449 Å². The number of ether oxygens (including phenoxy) is 5. The number of aryl methyl sites for hydroxylation is 1. The number of amides is 2. The van der Waals surface area contributed by atoms with Gasteiger partial charge in [0.1, 0.15) is 35.6 Å². The summed E-state index contributed by atoms with van der Waals surface area (Å²) in [6.07, 6.45) is 17.1. The standard InChI is InChI=1S/C59H87N5O12/c1-10-13-14-15-16-17-18-19-20-21-22-23-24-25-29-47(54(69)75-57(4,5)6)63-52(67)46(28-26-27-34-60)61-49(65)32-33-50(66)74-59(12-3)44-36-48-51-42(37-64(48)53(68)43(44)38-72-55(59)70)40(11-2)41-35-39(30-31-45(41)62-51)73-56(71)76-58(7,8)9/h30-31,35-36,46-47H,10-29,32-34,37-38,60H2,1-9H3,(H,61,65)(H,63,67)/t46?,47?,59-/m0/s1. The lowest BCUT2D eigenvalue weighted by atomic mass is 9.85. The van der Waals surface area contributed by atoms with Crippen LogP contribution in [0.1, 0.15) is 219 Å². The van der Waals surface area contributed by atoms with E-state index in [1.165, 1.54) is 64.2 Å². The molecule has 17 nitrogen and oxygen atoms in total. The van der Waals surface area contributed by atoms with Crippen molar-refractivity contribution in [2.75, 3.05) is 6.54 Å². The van der Waals surface area contributed by atoms with Crippen molar-refractivity contribution in [2.45, 2.75) is 246 Å². The van der Waals surface area contributed by atoms with Gasteiger partial charge in [-0.15, -0.1) is 0 Å². The molecule has 0 fully saturated rings. The van der Waals surface area contributed by atoms with Gasteiger partial charge in [0, 0.05) is 22.9 Å². The first kappa shape index (κ1) is 61.0. The number of aromatic nitrogens is 2. The summed E-state index contributed by atoms with van der Waals surface area (Å²) in [4.78, 5) is 100. The highest BCUT2D eigenvalue weighted by Crippen LogP contribution is 2.43. The number of pyridine rings is 2. The fourth-order valence-corrected chi connectivity index (χ4v) is 10.1. The highest BCUT2D eigenvalue weighted by atomic mass is 16.7. The van der Waals surface area contributed by atoms with E-state index in [4.69, 9.17) is 34.4 Å². The zero-order valence-corrected chi connectivity index (χ0v) is 47.0. The maximum atomic E-state index is 14.4. The van der Waals surface area contributed by atoms with Crippen LogP contribution in [-0.4, -0.2) is 75.3 Å². The molecule has 3 aromatic rings. The quantitative estimate of drug-likeness (QED) is 0.0191. The Morgan fingerprint density at radius 2 is 1.36 bits per heavy atom. The van der Waals surface area contributed by atoms with Crippen molar-refractivity contribution < 1.29 is 52.5 Å². The molecule has 76 heavy (non-hydrogen) atoms. The number of cyclic esters (lactones) is 1. The van der Waals surface area contributed by atoms with Crippen molar-refractivity contribution in [3.63, 3.8) is 0 Å². The third-order valence-electron chi connectivity index (χ3n) is 14.0. The smallest absolute Gasteiger partial charge is 0.458 e. The Morgan fingerprint density at radius 1 is 0.750 bits per heavy atom. The van der Waals surface area contributed by atoms with Gasteiger partial charge in [0.2, 0.25) is 17.4 Å². The topological polar surface area (TPSA) is 234 Å². The predicted molar refractivity (Wildman–Crippen MR) is 291 cm³/mol. The molecule has 2 aliphatic rings. The number of nitrogens with one attached hydrogen (secondary N) is 2. The van der Waals surface area contributed by atoms with Crippen LogP contribution in [0.4, 0.5) is 4.79 Å². The molecule has 4 heterocycles. The fourth-order valence-electron chi connectivity index (χ4n) is 10.1. The molecule has 2 aliphatic heterocycles. The molecule has 2 amide bonds. The highest BCUT2D eigenvalue weighted by Gasteiger charge is 2.50. The van der Waals surface area contributed by atoms with Gasteiger partial charge in [-0.25, -0.2) is 19.4 Å². The van der Waals surface area contributed by atoms with Crippen molar-refractivity contribution >= 4 is 46.8 Å². The molecule has 1 aromatic carbocycles. The molecular formula is C59H87N5O12. The van der Waals surface area contributed by atoms with Gasteiger partial charge in [0.05, 0.1) is 35.4 Å². The minimum Gasteiger partial charge on any atom is -0.458 e. The Bertz CT molecular complexity index is 2560. The lowest BCUT2D eigenvalue weighted by Crippen LogP contribution is -2.52. The number of carbonyl (C=O) groups is 6.